The molecule has 1 aliphatic rings. The SMILES string of the molecule is CC(C)[C@H](N)C(=O)N(C)CCN1C(=O)c2ccccc2C1=O. The topological polar surface area (TPSA) is 83.7 Å². The van der Waals surface area contributed by atoms with Gasteiger partial charge in [0.15, 0.2) is 0 Å². The molecule has 3 amide bonds. The maximum absolute atomic E-state index is 12.2. The molecular weight excluding hydrogens is 282 g/mol. The molecule has 1 heterocycles. The number of nitrogens with two attached hydrogens (primary N) is 1. The summed E-state index contributed by atoms with van der Waals surface area (Å²) in [7, 11) is 1.63. The van der Waals surface area contributed by atoms with Gasteiger partial charge in [0, 0.05) is 20.1 Å². The first kappa shape index (κ1) is 16.2. The maximum atomic E-state index is 12.2. The lowest BCUT2D eigenvalue weighted by Gasteiger charge is -2.25. The van der Waals surface area contributed by atoms with E-state index in [1.165, 1.54) is 9.80 Å². The molecule has 0 radical (unpaired) electrons. The van der Waals surface area contributed by atoms with Gasteiger partial charge in [0.2, 0.25) is 5.91 Å². The molecule has 6 heteroatoms. The lowest BCUT2D eigenvalue weighted by molar-refractivity contribution is -0.132. The van der Waals surface area contributed by atoms with Crippen molar-refractivity contribution in [3.8, 4) is 0 Å². The smallest absolute Gasteiger partial charge is 0.261 e. The minimum Gasteiger partial charge on any atom is -0.343 e. The molecule has 1 aromatic carbocycles. The summed E-state index contributed by atoms with van der Waals surface area (Å²) in [6.45, 7) is 4.19. The number of imide groups is 1. The number of hydrogen-bond acceptors (Lipinski definition) is 4. The van der Waals surface area contributed by atoms with Crippen molar-refractivity contribution >= 4 is 17.7 Å². The highest BCUT2D eigenvalue weighted by Crippen LogP contribution is 2.22. The lowest BCUT2D eigenvalue weighted by Crippen LogP contribution is -2.47. The number of likely N-dealkylation sites (N-methyl/N-ethyl adjacent to an activating group) is 1. The molecule has 0 fully saturated rings. The second-order valence-electron chi connectivity index (χ2n) is 5.84. The van der Waals surface area contributed by atoms with Crippen LogP contribution in [-0.2, 0) is 4.79 Å². The molecule has 0 bridgehead atoms. The Morgan fingerprint density at radius 2 is 1.68 bits per heavy atom. The van der Waals surface area contributed by atoms with Gasteiger partial charge in [-0.1, -0.05) is 26.0 Å². The van der Waals surface area contributed by atoms with Gasteiger partial charge in [-0.2, -0.15) is 0 Å². The number of fused-ring (bicyclic) bond motifs is 1. The summed E-state index contributed by atoms with van der Waals surface area (Å²) in [5.74, 6) is -0.773. The second kappa shape index (κ2) is 6.27. The Morgan fingerprint density at radius 1 is 1.18 bits per heavy atom. The molecule has 1 aliphatic heterocycles. The summed E-state index contributed by atoms with van der Waals surface area (Å²) in [5, 5.41) is 0. The van der Waals surface area contributed by atoms with Gasteiger partial charge in [-0.15, -0.1) is 0 Å². The quantitative estimate of drug-likeness (QED) is 0.813. The van der Waals surface area contributed by atoms with E-state index in [1.807, 2.05) is 13.8 Å². The fraction of sp³-hybridized carbons (Fsp3) is 0.438. The Morgan fingerprint density at radius 3 is 2.14 bits per heavy atom. The van der Waals surface area contributed by atoms with Gasteiger partial charge in [0.05, 0.1) is 17.2 Å². The van der Waals surface area contributed by atoms with Gasteiger partial charge in [0.1, 0.15) is 0 Å². The van der Waals surface area contributed by atoms with Crippen LogP contribution in [0.3, 0.4) is 0 Å². The van der Waals surface area contributed by atoms with Gasteiger partial charge < -0.3 is 10.6 Å². The van der Waals surface area contributed by atoms with E-state index in [0.717, 1.165) is 0 Å². The standard InChI is InChI=1S/C16H21N3O3/c1-10(2)13(17)16(22)18(3)8-9-19-14(20)11-6-4-5-7-12(11)15(19)21/h4-7,10,13H,8-9,17H2,1-3H3/t13-/m0/s1. The minimum atomic E-state index is -0.577. The molecule has 6 nitrogen and oxygen atoms in total. The van der Waals surface area contributed by atoms with Crippen LogP contribution in [0.1, 0.15) is 34.6 Å². The molecule has 0 saturated carbocycles. The van der Waals surface area contributed by atoms with Crippen molar-refractivity contribution in [3.63, 3.8) is 0 Å². The lowest BCUT2D eigenvalue weighted by atomic mass is 10.0. The predicted molar refractivity (Wildman–Crippen MR) is 82.3 cm³/mol. The maximum Gasteiger partial charge on any atom is 0.261 e. The van der Waals surface area contributed by atoms with Crippen LogP contribution in [0.4, 0.5) is 0 Å². The van der Waals surface area contributed by atoms with E-state index in [0.29, 0.717) is 11.1 Å². The van der Waals surface area contributed by atoms with Gasteiger partial charge >= 0.3 is 0 Å². The number of rotatable bonds is 5. The third kappa shape index (κ3) is 2.87. The fourth-order valence-electron chi connectivity index (χ4n) is 2.34. The van der Waals surface area contributed by atoms with E-state index >= 15 is 0 Å². The van der Waals surface area contributed by atoms with Gasteiger partial charge in [-0.3, -0.25) is 19.3 Å². The average Bonchev–Trinajstić information content (AvgIpc) is 2.75. The van der Waals surface area contributed by atoms with Crippen LogP contribution in [0.2, 0.25) is 0 Å². The Hall–Kier alpha value is -2.21. The molecule has 1 atom stereocenters. The molecule has 2 N–H and O–H groups in total. The summed E-state index contributed by atoms with van der Waals surface area (Å²) in [5.41, 5.74) is 6.66. The minimum absolute atomic E-state index is 0.0363. The number of amides is 3. The normalized spacial score (nSPS) is 15.2. The molecule has 2 rings (SSSR count). The zero-order valence-electron chi connectivity index (χ0n) is 13.1. The third-order valence-electron chi connectivity index (χ3n) is 3.92. The van der Waals surface area contributed by atoms with Crippen molar-refractivity contribution in [2.75, 3.05) is 20.1 Å². The first-order valence-electron chi connectivity index (χ1n) is 7.30. The summed E-state index contributed by atoms with van der Waals surface area (Å²) < 4.78 is 0. The Kier molecular flexibility index (Phi) is 4.61. The van der Waals surface area contributed by atoms with Crippen LogP contribution in [0, 0.1) is 5.92 Å². The number of carbonyl (C=O) groups excluding carboxylic acids is 3. The van der Waals surface area contributed by atoms with E-state index in [2.05, 4.69) is 0 Å². The van der Waals surface area contributed by atoms with E-state index in [4.69, 9.17) is 5.73 Å². The van der Waals surface area contributed by atoms with Crippen molar-refractivity contribution in [2.45, 2.75) is 19.9 Å². The molecule has 1 aromatic rings. The molecule has 0 saturated heterocycles. The van der Waals surface area contributed by atoms with Gasteiger partial charge in [0.25, 0.3) is 11.8 Å². The van der Waals surface area contributed by atoms with Crippen LogP contribution in [0.15, 0.2) is 24.3 Å². The number of benzene rings is 1. The largest absolute Gasteiger partial charge is 0.343 e. The highest BCUT2D eigenvalue weighted by Gasteiger charge is 2.35. The van der Waals surface area contributed by atoms with Crippen LogP contribution >= 0.6 is 0 Å². The predicted octanol–water partition coefficient (Wildman–Crippen LogP) is 0.724. The third-order valence-corrected chi connectivity index (χ3v) is 3.92. The van der Waals surface area contributed by atoms with Crippen LogP contribution in [-0.4, -0.2) is 53.7 Å². The molecule has 0 aliphatic carbocycles. The second-order valence-corrected chi connectivity index (χ2v) is 5.84. The molecule has 0 aromatic heterocycles. The molecule has 22 heavy (non-hydrogen) atoms. The van der Waals surface area contributed by atoms with Crippen LogP contribution in [0.5, 0.6) is 0 Å². The van der Waals surface area contributed by atoms with Crippen LogP contribution in [0.25, 0.3) is 0 Å². The molecular formula is C16H21N3O3. The molecule has 118 valence electrons. The van der Waals surface area contributed by atoms with Gasteiger partial charge in [-0.25, -0.2) is 0 Å². The van der Waals surface area contributed by atoms with E-state index in [1.54, 1.807) is 31.3 Å². The Bertz CT molecular complexity index is 577. The number of hydrogen-bond donors (Lipinski definition) is 1. The van der Waals surface area contributed by atoms with Crippen molar-refractivity contribution in [1.29, 1.82) is 0 Å². The van der Waals surface area contributed by atoms with Crippen LogP contribution < -0.4 is 5.73 Å². The highest BCUT2D eigenvalue weighted by atomic mass is 16.2. The van der Waals surface area contributed by atoms with Crippen molar-refractivity contribution in [3.05, 3.63) is 35.4 Å². The first-order chi connectivity index (χ1) is 10.3. The summed E-state index contributed by atoms with van der Waals surface area (Å²) >= 11 is 0. The summed E-state index contributed by atoms with van der Waals surface area (Å²) in [6, 6.07) is 6.15. The molecule has 0 spiro atoms. The van der Waals surface area contributed by atoms with Crippen molar-refractivity contribution in [2.24, 2.45) is 11.7 Å². The highest BCUT2D eigenvalue weighted by molar-refractivity contribution is 6.21. The van der Waals surface area contributed by atoms with E-state index < -0.39 is 6.04 Å². The van der Waals surface area contributed by atoms with Gasteiger partial charge in [-0.05, 0) is 18.1 Å². The monoisotopic (exact) mass is 303 g/mol. The first-order valence-corrected chi connectivity index (χ1v) is 7.30. The Balaban J connectivity index is 2.00. The average molecular weight is 303 g/mol. The molecule has 0 unspecified atom stereocenters. The van der Waals surface area contributed by atoms with Crippen molar-refractivity contribution in [1.82, 2.24) is 9.80 Å². The fourth-order valence-corrected chi connectivity index (χ4v) is 2.34. The van der Waals surface area contributed by atoms with E-state index in [9.17, 15) is 14.4 Å². The summed E-state index contributed by atoms with van der Waals surface area (Å²) in [6.07, 6.45) is 0. The zero-order valence-corrected chi connectivity index (χ0v) is 13.1. The Labute approximate surface area is 129 Å². The number of nitrogens with zero attached hydrogens (tertiary/aromatic N) is 2. The summed E-state index contributed by atoms with van der Waals surface area (Å²) in [4.78, 5) is 39.1. The zero-order chi connectivity index (χ0) is 16.4. The van der Waals surface area contributed by atoms with E-state index in [-0.39, 0.29) is 36.7 Å². The number of carbonyl (C=O) groups is 3. The van der Waals surface area contributed by atoms with Crippen molar-refractivity contribution < 1.29 is 14.4 Å².